The maximum atomic E-state index is 12.1. The molecule has 2 N–H and O–H groups in total. The van der Waals surface area contributed by atoms with Gasteiger partial charge in [-0.15, -0.1) is 0 Å². The summed E-state index contributed by atoms with van der Waals surface area (Å²) in [6.45, 7) is 9.18. The molecule has 5 heteroatoms. The number of sulfone groups is 1. The van der Waals surface area contributed by atoms with Gasteiger partial charge < -0.3 is 10.5 Å². The fourth-order valence-corrected chi connectivity index (χ4v) is 2.90. The number of nitrogens with two attached hydrogens (primary N) is 1. The van der Waals surface area contributed by atoms with Gasteiger partial charge in [0.1, 0.15) is 12.4 Å². The molecule has 0 saturated carbocycles. The van der Waals surface area contributed by atoms with Gasteiger partial charge in [0.25, 0.3) is 0 Å². The van der Waals surface area contributed by atoms with Crippen molar-refractivity contribution in [1.29, 1.82) is 0 Å². The van der Waals surface area contributed by atoms with E-state index in [1.807, 2.05) is 32.0 Å². The number of aryl methyl sites for hydroxylation is 1. The molecule has 0 heterocycles. The average molecular weight is 313 g/mol. The van der Waals surface area contributed by atoms with Gasteiger partial charge in [-0.05, 0) is 52.2 Å². The first-order valence-electron chi connectivity index (χ1n) is 7.24. The van der Waals surface area contributed by atoms with E-state index in [0.717, 1.165) is 16.9 Å². The van der Waals surface area contributed by atoms with Gasteiger partial charge >= 0.3 is 0 Å². The molecule has 0 amide bonds. The zero-order valence-corrected chi connectivity index (χ0v) is 14.5. The van der Waals surface area contributed by atoms with Gasteiger partial charge in [-0.3, -0.25) is 0 Å². The number of ether oxygens (including phenoxy) is 1. The summed E-state index contributed by atoms with van der Waals surface area (Å²) < 4.78 is 29.2. The van der Waals surface area contributed by atoms with E-state index in [1.165, 1.54) is 0 Å². The van der Waals surface area contributed by atoms with Gasteiger partial charge in [0.2, 0.25) is 0 Å². The predicted molar refractivity (Wildman–Crippen MR) is 87.6 cm³/mol. The quantitative estimate of drug-likeness (QED) is 0.876. The molecule has 0 aliphatic heterocycles. The molecule has 1 aromatic rings. The summed E-state index contributed by atoms with van der Waals surface area (Å²) in [5.41, 5.74) is 7.87. The molecule has 0 aliphatic rings. The van der Waals surface area contributed by atoms with Crippen LogP contribution in [0.15, 0.2) is 18.2 Å². The van der Waals surface area contributed by atoms with Crippen LogP contribution >= 0.6 is 0 Å². The SMILES string of the molecule is Cc1cccc(CC(C)N)c1OCCS(=O)(=O)C(C)(C)C. The van der Waals surface area contributed by atoms with Crippen LogP contribution in [0.2, 0.25) is 0 Å². The number of hydrogen-bond donors (Lipinski definition) is 1. The van der Waals surface area contributed by atoms with Crippen molar-refractivity contribution in [2.75, 3.05) is 12.4 Å². The maximum Gasteiger partial charge on any atom is 0.158 e. The lowest BCUT2D eigenvalue weighted by atomic mass is 10.0. The first-order chi connectivity index (χ1) is 9.54. The van der Waals surface area contributed by atoms with Gasteiger partial charge in [-0.1, -0.05) is 18.2 Å². The van der Waals surface area contributed by atoms with Gasteiger partial charge in [-0.2, -0.15) is 0 Å². The molecule has 21 heavy (non-hydrogen) atoms. The lowest BCUT2D eigenvalue weighted by Crippen LogP contribution is -2.32. The number of hydrogen-bond acceptors (Lipinski definition) is 4. The van der Waals surface area contributed by atoms with E-state index in [2.05, 4.69) is 0 Å². The Morgan fingerprint density at radius 2 is 1.90 bits per heavy atom. The van der Waals surface area contributed by atoms with Crippen molar-refractivity contribution in [1.82, 2.24) is 0 Å². The normalized spacial score (nSPS) is 14.0. The fraction of sp³-hybridized carbons (Fsp3) is 0.625. The zero-order valence-electron chi connectivity index (χ0n) is 13.6. The molecule has 1 rings (SSSR count). The standard InChI is InChI=1S/C16H27NO3S/c1-12-7-6-8-14(11-13(2)17)15(12)20-9-10-21(18,19)16(3,4)5/h6-8,13H,9-11,17H2,1-5H3. The van der Waals surface area contributed by atoms with Gasteiger partial charge in [0.05, 0.1) is 10.5 Å². The second kappa shape index (κ2) is 6.79. The predicted octanol–water partition coefficient (Wildman–Crippen LogP) is 2.48. The van der Waals surface area contributed by atoms with Crippen LogP contribution in [0, 0.1) is 6.92 Å². The van der Waals surface area contributed by atoms with E-state index >= 15 is 0 Å². The highest BCUT2D eigenvalue weighted by Crippen LogP contribution is 2.25. The highest BCUT2D eigenvalue weighted by Gasteiger charge is 2.28. The molecule has 0 spiro atoms. The number of benzene rings is 1. The van der Waals surface area contributed by atoms with E-state index in [-0.39, 0.29) is 18.4 Å². The summed E-state index contributed by atoms with van der Waals surface area (Å²) in [5, 5.41) is 0. The Kier molecular flexibility index (Phi) is 5.82. The molecule has 0 fully saturated rings. The Morgan fingerprint density at radius 3 is 2.43 bits per heavy atom. The number of para-hydroxylation sites is 1. The third kappa shape index (κ3) is 5.00. The summed E-state index contributed by atoms with van der Waals surface area (Å²) in [4.78, 5) is 0. The molecule has 0 aromatic heterocycles. The monoisotopic (exact) mass is 313 g/mol. The molecule has 1 unspecified atom stereocenters. The smallest absolute Gasteiger partial charge is 0.158 e. The Balaban J connectivity index is 2.81. The van der Waals surface area contributed by atoms with Gasteiger partial charge in [0.15, 0.2) is 9.84 Å². The van der Waals surface area contributed by atoms with Crippen molar-refractivity contribution in [3.8, 4) is 5.75 Å². The van der Waals surface area contributed by atoms with Crippen LogP contribution in [0.3, 0.4) is 0 Å². The van der Waals surface area contributed by atoms with Crippen LogP contribution in [0.1, 0.15) is 38.8 Å². The van der Waals surface area contributed by atoms with Gasteiger partial charge in [-0.25, -0.2) is 8.42 Å². The van der Waals surface area contributed by atoms with Gasteiger partial charge in [0, 0.05) is 6.04 Å². The first-order valence-corrected chi connectivity index (χ1v) is 8.89. The van der Waals surface area contributed by atoms with Crippen LogP contribution in [0.25, 0.3) is 0 Å². The van der Waals surface area contributed by atoms with Crippen molar-refractivity contribution in [3.05, 3.63) is 29.3 Å². The average Bonchev–Trinajstić information content (AvgIpc) is 2.30. The minimum atomic E-state index is -3.17. The summed E-state index contributed by atoms with van der Waals surface area (Å²) >= 11 is 0. The van der Waals surface area contributed by atoms with E-state index in [0.29, 0.717) is 6.42 Å². The Hall–Kier alpha value is -1.07. The molecule has 0 saturated heterocycles. The van der Waals surface area contributed by atoms with Crippen LogP contribution in [-0.4, -0.2) is 31.6 Å². The van der Waals surface area contributed by atoms with Crippen molar-refractivity contribution >= 4 is 9.84 Å². The van der Waals surface area contributed by atoms with E-state index in [4.69, 9.17) is 10.5 Å². The Bertz CT molecular complexity index is 572. The fourth-order valence-electron chi connectivity index (χ4n) is 1.99. The molecule has 4 nitrogen and oxygen atoms in total. The van der Waals surface area contributed by atoms with Crippen LogP contribution in [0.5, 0.6) is 5.75 Å². The minimum absolute atomic E-state index is 0.0163. The van der Waals surface area contributed by atoms with Crippen molar-refractivity contribution in [2.45, 2.75) is 51.8 Å². The van der Waals surface area contributed by atoms with Crippen LogP contribution in [0.4, 0.5) is 0 Å². The van der Waals surface area contributed by atoms with Crippen LogP contribution < -0.4 is 10.5 Å². The molecule has 0 aliphatic carbocycles. The minimum Gasteiger partial charge on any atom is -0.492 e. The highest BCUT2D eigenvalue weighted by atomic mass is 32.2. The van der Waals surface area contributed by atoms with Crippen molar-refractivity contribution in [2.24, 2.45) is 5.73 Å². The Morgan fingerprint density at radius 1 is 1.29 bits per heavy atom. The zero-order chi connectivity index (χ0) is 16.3. The molecular weight excluding hydrogens is 286 g/mol. The second-order valence-electron chi connectivity index (χ2n) is 6.52. The van der Waals surface area contributed by atoms with Crippen molar-refractivity contribution in [3.63, 3.8) is 0 Å². The molecule has 120 valence electrons. The lowest BCUT2D eigenvalue weighted by Gasteiger charge is -2.20. The Labute approximate surface area is 128 Å². The maximum absolute atomic E-state index is 12.1. The molecule has 0 radical (unpaired) electrons. The summed E-state index contributed by atoms with van der Waals surface area (Å²) in [7, 11) is -3.17. The largest absolute Gasteiger partial charge is 0.492 e. The molecular formula is C16H27NO3S. The van der Waals surface area contributed by atoms with Crippen molar-refractivity contribution < 1.29 is 13.2 Å². The lowest BCUT2D eigenvalue weighted by molar-refractivity contribution is 0.333. The summed E-state index contributed by atoms with van der Waals surface area (Å²) in [6.07, 6.45) is 0.711. The third-order valence-electron chi connectivity index (χ3n) is 3.37. The summed E-state index contributed by atoms with van der Waals surface area (Å²) in [6, 6.07) is 5.93. The molecule has 1 aromatic carbocycles. The first kappa shape index (κ1) is 18.0. The summed E-state index contributed by atoms with van der Waals surface area (Å²) in [5.74, 6) is 0.779. The molecule has 0 bridgehead atoms. The van der Waals surface area contributed by atoms with Crippen LogP contribution in [-0.2, 0) is 16.3 Å². The third-order valence-corrected chi connectivity index (χ3v) is 5.94. The highest BCUT2D eigenvalue weighted by molar-refractivity contribution is 7.92. The van der Waals surface area contributed by atoms with E-state index in [1.54, 1.807) is 20.8 Å². The van der Waals surface area contributed by atoms with E-state index < -0.39 is 14.6 Å². The second-order valence-corrected chi connectivity index (χ2v) is 9.39. The number of rotatable bonds is 6. The van der Waals surface area contributed by atoms with E-state index in [9.17, 15) is 8.42 Å². The topological polar surface area (TPSA) is 69.4 Å². The molecule has 1 atom stereocenters.